The molecule has 1 aromatic carbocycles. The van der Waals surface area contributed by atoms with Gasteiger partial charge in [0.2, 0.25) is 0 Å². The van der Waals surface area contributed by atoms with E-state index in [1.165, 1.54) is 4.68 Å². The second-order valence-corrected chi connectivity index (χ2v) is 7.26. The van der Waals surface area contributed by atoms with Crippen molar-refractivity contribution in [3.63, 3.8) is 0 Å². The summed E-state index contributed by atoms with van der Waals surface area (Å²) in [7, 11) is 0. The van der Waals surface area contributed by atoms with Crippen molar-refractivity contribution in [3.05, 3.63) is 69.3 Å². The lowest BCUT2D eigenvalue weighted by molar-refractivity contribution is 0.0951. The normalized spacial score (nSPS) is 13.5. The molecule has 1 N–H and O–H groups in total. The van der Waals surface area contributed by atoms with Crippen LogP contribution in [0.5, 0.6) is 0 Å². The molecule has 0 aliphatic heterocycles. The summed E-state index contributed by atoms with van der Waals surface area (Å²) in [6, 6.07) is 11.1. The Morgan fingerprint density at radius 3 is 2.74 bits per heavy atom. The fraction of sp³-hybridized carbons (Fsp3) is 0.263. The maximum Gasteiger partial charge on any atom is 0.346 e. The predicted octanol–water partition coefficient (Wildman–Crippen LogP) is 2.63. The van der Waals surface area contributed by atoms with Crippen molar-refractivity contribution in [1.29, 1.82) is 0 Å². The van der Waals surface area contributed by atoms with E-state index in [-0.39, 0.29) is 17.6 Å². The number of pyridine rings is 1. The molecule has 1 amide bonds. The van der Waals surface area contributed by atoms with E-state index in [2.05, 4.69) is 31.3 Å². The first-order chi connectivity index (χ1) is 13.1. The average molecular weight is 428 g/mol. The Labute approximate surface area is 164 Å². The van der Waals surface area contributed by atoms with Gasteiger partial charge in [-0.15, -0.1) is 5.10 Å². The summed E-state index contributed by atoms with van der Waals surface area (Å²) in [5.41, 5.74) is 1.23. The maximum atomic E-state index is 12.8. The van der Waals surface area contributed by atoms with Gasteiger partial charge < -0.3 is 5.32 Å². The van der Waals surface area contributed by atoms with Gasteiger partial charge >= 0.3 is 5.69 Å². The molecule has 4 rings (SSSR count). The zero-order valence-corrected chi connectivity index (χ0v) is 16.1. The number of aromatic nitrogens is 4. The fourth-order valence-electron chi connectivity index (χ4n) is 2.94. The molecule has 0 atom stereocenters. The molecule has 1 saturated carbocycles. The topological polar surface area (TPSA) is 81.8 Å². The predicted molar refractivity (Wildman–Crippen MR) is 104 cm³/mol. The van der Waals surface area contributed by atoms with Crippen LogP contribution in [0.15, 0.2) is 58.1 Å². The number of halogens is 1. The summed E-state index contributed by atoms with van der Waals surface area (Å²) in [5.74, 6) is 0.442. The molecule has 7 nitrogen and oxygen atoms in total. The van der Waals surface area contributed by atoms with E-state index in [4.69, 9.17) is 0 Å². The van der Waals surface area contributed by atoms with Crippen molar-refractivity contribution < 1.29 is 4.79 Å². The largest absolute Gasteiger partial charge is 0.350 e. The lowest BCUT2D eigenvalue weighted by Crippen LogP contribution is -2.32. The lowest BCUT2D eigenvalue weighted by atomic mass is 10.2. The van der Waals surface area contributed by atoms with Crippen molar-refractivity contribution in [2.75, 3.05) is 6.54 Å². The number of hydrogen-bond acceptors (Lipinski definition) is 4. The van der Waals surface area contributed by atoms with E-state index in [0.29, 0.717) is 24.5 Å². The second-order valence-electron chi connectivity index (χ2n) is 6.41. The van der Waals surface area contributed by atoms with Crippen molar-refractivity contribution in [2.45, 2.75) is 25.4 Å². The van der Waals surface area contributed by atoms with E-state index in [1.807, 2.05) is 30.3 Å². The molecule has 0 radical (unpaired) electrons. The molecule has 0 bridgehead atoms. The van der Waals surface area contributed by atoms with E-state index >= 15 is 0 Å². The van der Waals surface area contributed by atoms with Gasteiger partial charge in [-0.3, -0.25) is 14.3 Å². The summed E-state index contributed by atoms with van der Waals surface area (Å²) < 4.78 is 3.89. The minimum atomic E-state index is -0.190. The minimum Gasteiger partial charge on any atom is -0.350 e. The van der Waals surface area contributed by atoms with Crippen LogP contribution < -0.4 is 11.0 Å². The van der Waals surface area contributed by atoms with Crippen molar-refractivity contribution in [2.24, 2.45) is 0 Å². The van der Waals surface area contributed by atoms with Gasteiger partial charge in [0.25, 0.3) is 5.91 Å². The van der Waals surface area contributed by atoms with Crippen LogP contribution in [-0.2, 0) is 6.54 Å². The Morgan fingerprint density at radius 2 is 2.04 bits per heavy atom. The number of benzene rings is 1. The molecule has 1 aliphatic rings. The number of hydrogen-bond donors (Lipinski definition) is 1. The summed E-state index contributed by atoms with van der Waals surface area (Å²) in [6.45, 7) is 0.621. The van der Waals surface area contributed by atoms with Gasteiger partial charge in [-0.25, -0.2) is 9.48 Å². The highest BCUT2D eigenvalue weighted by molar-refractivity contribution is 9.10. The average Bonchev–Trinajstić information content (AvgIpc) is 3.47. The zero-order chi connectivity index (χ0) is 18.8. The Kier molecular flexibility index (Phi) is 4.89. The number of carbonyl (C=O) groups excluding carboxylic acids is 1. The molecule has 0 unspecified atom stereocenters. The Balaban J connectivity index is 1.51. The summed E-state index contributed by atoms with van der Waals surface area (Å²) in [5, 5.41) is 7.33. The summed E-state index contributed by atoms with van der Waals surface area (Å²) >= 11 is 3.37. The molecule has 27 heavy (non-hydrogen) atoms. The summed E-state index contributed by atoms with van der Waals surface area (Å²) in [4.78, 5) is 29.2. The monoisotopic (exact) mass is 427 g/mol. The van der Waals surface area contributed by atoms with Crippen LogP contribution in [-0.4, -0.2) is 31.8 Å². The van der Waals surface area contributed by atoms with Crippen LogP contribution in [0.3, 0.4) is 0 Å². The van der Waals surface area contributed by atoms with Gasteiger partial charge in [0.05, 0.1) is 12.1 Å². The van der Waals surface area contributed by atoms with Crippen molar-refractivity contribution in [3.8, 4) is 11.4 Å². The van der Waals surface area contributed by atoms with Crippen molar-refractivity contribution >= 4 is 21.8 Å². The van der Waals surface area contributed by atoms with E-state index in [9.17, 15) is 9.59 Å². The van der Waals surface area contributed by atoms with Gasteiger partial charge in [0.1, 0.15) is 0 Å². The van der Waals surface area contributed by atoms with Gasteiger partial charge in [0.15, 0.2) is 5.82 Å². The van der Waals surface area contributed by atoms with Crippen molar-refractivity contribution in [1.82, 2.24) is 24.6 Å². The van der Waals surface area contributed by atoms with Crippen LogP contribution in [0.1, 0.15) is 29.2 Å². The molecule has 1 fully saturated rings. The SMILES string of the molecule is O=C(NCCn1nc(-c2cccnc2)n(C2CC2)c1=O)c1ccccc1Br. The third kappa shape index (κ3) is 3.71. The molecule has 2 aromatic heterocycles. The standard InChI is InChI=1S/C19H18BrN5O2/c20-16-6-2-1-5-15(16)18(26)22-10-11-24-19(27)25(14-7-8-14)17(23-24)13-4-3-9-21-12-13/h1-6,9,12,14H,7-8,10-11H2,(H,22,26). The first-order valence-corrected chi connectivity index (χ1v) is 9.57. The minimum absolute atomic E-state index is 0.147. The highest BCUT2D eigenvalue weighted by Gasteiger charge is 2.30. The quantitative estimate of drug-likeness (QED) is 0.655. The molecular weight excluding hydrogens is 410 g/mol. The Hall–Kier alpha value is -2.74. The molecule has 138 valence electrons. The van der Waals surface area contributed by atoms with E-state index < -0.39 is 0 Å². The first kappa shape index (κ1) is 17.7. The van der Waals surface area contributed by atoms with Gasteiger partial charge in [-0.1, -0.05) is 12.1 Å². The highest BCUT2D eigenvalue weighted by atomic mass is 79.9. The molecule has 0 saturated heterocycles. The number of carbonyl (C=O) groups is 1. The highest BCUT2D eigenvalue weighted by Crippen LogP contribution is 2.36. The van der Waals surface area contributed by atoms with Crippen LogP contribution in [0.4, 0.5) is 0 Å². The van der Waals surface area contributed by atoms with Gasteiger partial charge in [0, 0.05) is 35.0 Å². The second kappa shape index (κ2) is 7.48. The number of nitrogens with zero attached hydrogens (tertiary/aromatic N) is 4. The molecule has 0 spiro atoms. The molecular formula is C19H18BrN5O2. The fourth-order valence-corrected chi connectivity index (χ4v) is 3.40. The lowest BCUT2D eigenvalue weighted by Gasteiger charge is -2.06. The van der Waals surface area contributed by atoms with Gasteiger partial charge in [-0.2, -0.15) is 0 Å². The molecule has 1 aliphatic carbocycles. The maximum absolute atomic E-state index is 12.8. The first-order valence-electron chi connectivity index (χ1n) is 8.77. The number of nitrogens with one attached hydrogen (secondary N) is 1. The third-order valence-electron chi connectivity index (χ3n) is 4.43. The van der Waals surface area contributed by atoms with Crippen LogP contribution >= 0.6 is 15.9 Å². The van der Waals surface area contributed by atoms with Crippen LogP contribution in [0, 0.1) is 0 Å². The molecule has 3 aromatic rings. The number of amides is 1. The summed E-state index contributed by atoms with van der Waals surface area (Å²) in [6.07, 6.45) is 5.37. The third-order valence-corrected chi connectivity index (χ3v) is 5.12. The van der Waals surface area contributed by atoms with Gasteiger partial charge in [-0.05, 0) is 53.0 Å². The molecule has 2 heterocycles. The van der Waals surface area contributed by atoms with Crippen LogP contribution in [0.25, 0.3) is 11.4 Å². The van der Waals surface area contributed by atoms with E-state index in [0.717, 1.165) is 22.9 Å². The Morgan fingerprint density at radius 1 is 1.22 bits per heavy atom. The van der Waals surface area contributed by atoms with E-state index in [1.54, 1.807) is 23.0 Å². The zero-order valence-electron chi connectivity index (χ0n) is 14.5. The van der Waals surface area contributed by atoms with Crippen LogP contribution in [0.2, 0.25) is 0 Å². The number of rotatable bonds is 6. The Bertz CT molecular complexity index is 1020. The smallest absolute Gasteiger partial charge is 0.346 e. The molecule has 8 heteroatoms.